The first-order chi connectivity index (χ1) is 10.3. The van der Waals surface area contributed by atoms with Crippen molar-refractivity contribution in [2.24, 2.45) is 0 Å². The summed E-state index contributed by atoms with van der Waals surface area (Å²) in [6, 6.07) is 8.85. The van der Waals surface area contributed by atoms with Crippen LogP contribution in [0.1, 0.15) is 37.2 Å². The highest BCUT2D eigenvalue weighted by atomic mass is 32.2. The molecule has 2 aromatic rings. The van der Waals surface area contributed by atoms with E-state index in [2.05, 4.69) is 15.3 Å². The molecule has 5 heteroatoms. The van der Waals surface area contributed by atoms with Gasteiger partial charge in [0.05, 0.1) is 5.75 Å². The summed E-state index contributed by atoms with van der Waals surface area (Å²) in [7, 11) is 0. The van der Waals surface area contributed by atoms with Gasteiger partial charge in [-0.1, -0.05) is 12.1 Å². The van der Waals surface area contributed by atoms with Crippen molar-refractivity contribution in [1.82, 2.24) is 9.97 Å². The van der Waals surface area contributed by atoms with Crippen LogP contribution in [0.5, 0.6) is 0 Å². The SMILES string of the molecule is CCNc1cc(C2CC2)nc(CSc2ccccc2F)n1. The Morgan fingerprint density at radius 2 is 2.10 bits per heavy atom. The predicted octanol–water partition coefficient (Wildman–Crippen LogP) is 4.22. The highest BCUT2D eigenvalue weighted by Crippen LogP contribution is 2.39. The Balaban J connectivity index is 1.76. The van der Waals surface area contributed by atoms with Gasteiger partial charge in [0.1, 0.15) is 17.5 Å². The minimum absolute atomic E-state index is 0.187. The van der Waals surface area contributed by atoms with Crippen LogP contribution >= 0.6 is 11.8 Å². The van der Waals surface area contributed by atoms with Crippen LogP contribution in [0.4, 0.5) is 10.2 Å². The molecule has 1 aliphatic rings. The van der Waals surface area contributed by atoms with Gasteiger partial charge in [-0.05, 0) is 31.9 Å². The monoisotopic (exact) mass is 303 g/mol. The van der Waals surface area contributed by atoms with E-state index in [0.717, 1.165) is 23.9 Å². The van der Waals surface area contributed by atoms with Gasteiger partial charge in [-0.2, -0.15) is 0 Å². The van der Waals surface area contributed by atoms with Gasteiger partial charge in [-0.15, -0.1) is 11.8 Å². The highest BCUT2D eigenvalue weighted by Gasteiger charge is 2.26. The Labute approximate surface area is 128 Å². The van der Waals surface area contributed by atoms with Crippen molar-refractivity contribution >= 4 is 17.6 Å². The summed E-state index contributed by atoms with van der Waals surface area (Å²) in [4.78, 5) is 9.78. The number of thioether (sulfide) groups is 1. The number of benzene rings is 1. The molecular weight excluding hydrogens is 285 g/mol. The Kier molecular flexibility index (Phi) is 4.39. The van der Waals surface area contributed by atoms with Crippen LogP contribution in [0.25, 0.3) is 0 Å². The molecule has 110 valence electrons. The number of nitrogens with one attached hydrogen (secondary N) is 1. The van der Waals surface area contributed by atoms with Gasteiger partial charge in [0.15, 0.2) is 0 Å². The summed E-state index contributed by atoms with van der Waals surface area (Å²) in [5.74, 6) is 2.62. The van der Waals surface area contributed by atoms with E-state index < -0.39 is 0 Å². The summed E-state index contributed by atoms with van der Waals surface area (Å²) < 4.78 is 13.6. The van der Waals surface area contributed by atoms with Crippen molar-refractivity contribution in [3.05, 3.63) is 47.7 Å². The molecule has 0 atom stereocenters. The number of aromatic nitrogens is 2. The first kappa shape index (κ1) is 14.3. The van der Waals surface area contributed by atoms with Gasteiger partial charge >= 0.3 is 0 Å². The molecule has 3 rings (SSSR count). The summed E-state index contributed by atoms with van der Waals surface area (Å²) >= 11 is 1.44. The summed E-state index contributed by atoms with van der Waals surface area (Å²) in [5, 5.41) is 3.25. The smallest absolute Gasteiger partial charge is 0.141 e. The van der Waals surface area contributed by atoms with E-state index in [9.17, 15) is 4.39 Å². The average molecular weight is 303 g/mol. The predicted molar refractivity (Wildman–Crippen MR) is 84.1 cm³/mol. The maximum Gasteiger partial charge on any atom is 0.141 e. The lowest BCUT2D eigenvalue weighted by atomic mass is 10.2. The van der Waals surface area contributed by atoms with Crippen LogP contribution in [0, 0.1) is 5.82 Å². The fraction of sp³-hybridized carbons (Fsp3) is 0.375. The Morgan fingerprint density at radius 3 is 2.81 bits per heavy atom. The molecule has 0 saturated heterocycles. The molecule has 3 nitrogen and oxygen atoms in total. The van der Waals surface area contributed by atoms with Gasteiger partial charge in [0.2, 0.25) is 0 Å². The van der Waals surface area contributed by atoms with Crippen LogP contribution in [0.2, 0.25) is 0 Å². The van der Waals surface area contributed by atoms with Crippen LogP contribution in [-0.4, -0.2) is 16.5 Å². The van der Waals surface area contributed by atoms with E-state index in [1.165, 1.54) is 30.7 Å². The molecule has 0 unspecified atom stereocenters. The molecule has 1 aromatic carbocycles. The molecule has 21 heavy (non-hydrogen) atoms. The Bertz CT molecular complexity index is 629. The third kappa shape index (κ3) is 3.73. The zero-order valence-electron chi connectivity index (χ0n) is 12.0. The maximum atomic E-state index is 13.6. The summed E-state index contributed by atoms with van der Waals surface area (Å²) in [5.41, 5.74) is 1.12. The van der Waals surface area contributed by atoms with E-state index in [-0.39, 0.29) is 5.82 Å². The second-order valence-electron chi connectivity index (χ2n) is 5.12. The lowest BCUT2D eigenvalue weighted by molar-refractivity contribution is 0.602. The molecule has 0 bridgehead atoms. The summed E-state index contributed by atoms with van der Waals surface area (Å²) in [6.45, 7) is 2.88. The first-order valence-corrected chi connectivity index (χ1v) is 8.24. The van der Waals surface area contributed by atoms with Crippen molar-refractivity contribution in [2.75, 3.05) is 11.9 Å². The van der Waals surface area contributed by atoms with E-state index in [0.29, 0.717) is 16.6 Å². The first-order valence-electron chi connectivity index (χ1n) is 7.25. The molecule has 0 spiro atoms. The zero-order chi connectivity index (χ0) is 14.7. The number of rotatable bonds is 6. The topological polar surface area (TPSA) is 37.8 Å². The van der Waals surface area contributed by atoms with Gasteiger partial charge in [0.25, 0.3) is 0 Å². The van der Waals surface area contributed by atoms with Gasteiger partial charge in [-0.25, -0.2) is 14.4 Å². The van der Waals surface area contributed by atoms with Crippen LogP contribution in [0.3, 0.4) is 0 Å². The molecule has 1 N–H and O–H groups in total. The lowest BCUT2D eigenvalue weighted by Gasteiger charge is -2.08. The van der Waals surface area contributed by atoms with Gasteiger partial charge in [-0.3, -0.25) is 0 Å². The number of nitrogens with zero attached hydrogens (tertiary/aromatic N) is 2. The van der Waals surface area contributed by atoms with Gasteiger partial charge in [0, 0.05) is 29.1 Å². The van der Waals surface area contributed by atoms with E-state index in [4.69, 9.17) is 0 Å². The van der Waals surface area contributed by atoms with Crippen molar-refractivity contribution in [2.45, 2.75) is 36.3 Å². The van der Waals surface area contributed by atoms with Crippen molar-refractivity contribution < 1.29 is 4.39 Å². The second kappa shape index (κ2) is 6.43. The molecule has 0 aliphatic heterocycles. The molecule has 1 saturated carbocycles. The number of hydrogen-bond donors (Lipinski definition) is 1. The molecular formula is C16H18FN3S. The van der Waals surface area contributed by atoms with E-state index in [1.807, 2.05) is 19.1 Å². The normalized spacial score (nSPS) is 14.2. The fourth-order valence-corrected chi connectivity index (χ4v) is 2.94. The fourth-order valence-electron chi connectivity index (χ4n) is 2.15. The minimum Gasteiger partial charge on any atom is -0.370 e. The van der Waals surface area contributed by atoms with Crippen LogP contribution < -0.4 is 5.32 Å². The molecule has 1 heterocycles. The highest BCUT2D eigenvalue weighted by molar-refractivity contribution is 7.98. The van der Waals surface area contributed by atoms with Crippen molar-refractivity contribution in [3.8, 4) is 0 Å². The molecule has 1 aliphatic carbocycles. The average Bonchev–Trinajstić information content (AvgIpc) is 3.31. The Hall–Kier alpha value is -1.62. The van der Waals surface area contributed by atoms with E-state index >= 15 is 0 Å². The largest absolute Gasteiger partial charge is 0.370 e. The van der Waals surface area contributed by atoms with Crippen molar-refractivity contribution in [1.29, 1.82) is 0 Å². The quantitative estimate of drug-likeness (QED) is 0.811. The van der Waals surface area contributed by atoms with Crippen LogP contribution in [-0.2, 0) is 5.75 Å². The van der Waals surface area contributed by atoms with Crippen molar-refractivity contribution in [3.63, 3.8) is 0 Å². The third-order valence-electron chi connectivity index (χ3n) is 3.34. The number of halogens is 1. The van der Waals surface area contributed by atoms with Crippen LogP contribution in [0.15, 0.2) is 35.2 Å². The molecule has 1 aromatic heterocycles. The number of anilines is 1. The second-order valence-corrected chi connectivity index (χ2v) is 6.14. The lowest BCUT2D eigenvalue weighted by Crippen LogP contribution is -2.05. The zero-order valence-corrected chi connectivity index (χ0v) is 12.8. The number of hydrogen-bond acceptors (Lipinski definition) is 4. The third-order valence-corrected chi connectivity index (χ3v) is 4.38. The molecule has 1 fully saturated rings. The molecule has 0 radical (unpaired) electrons. The standard InChI is InChI=1S/C16H18FN3S/c1-2-18-15-9-13(11-7-8-11)19-16(20-15)10-21-14-6-4-3-5-12(14)17/h3-6,9,11H,2,7-8,10H2,1H3,(H,18,19,20). The molecule has 0 amide bonds. The maximum absolute atomic E-state index is 13.6. The Morgan fingerprint density at radius 1 is 1.29 bits per heavy atom. The van der Waals surface area contributed by atoms with E-state index in [1.54, 1.807) is 12.1 Å². The summed E-state index contributed by atoms with van der Waals surface area (Å²) in [6.07, 6.45) is 2.42. The minimum atomic E-state index is -0.187. The van der Waals surface area contributed by atoms with Gasteiger partial charge < -0.3 is 5.32 Å².